The summed E-state index contributed by atoms with van der Waals surface area (Å²) >= 11 is 0. The largest absolute Gasteiger partial charge is 0.472 e. The maximum Gasteiger partial charge on any atom is 0.472 e. The molecule has 0 saturated heterocycles. The van der Waals surface area contributed by atoms with Crippen LogP contribution in [0.3, 0.4) is 0 Å². The van der Waals surface area contributed by atoms with Gasteiger partial charge >= 0.3 is 7.82 Å². The molecule has 1 amide bonds. The van der Waals surface area contributed by atoms with Gasteiger partial charge in [-0.25, -0.2) is 4.57 Å². The van der Waals surface area contributed by atoms with Gasteiger partial charge in [-0.15, -0.1) is 0 Å². The fourth-order valence-corrected chi connectivity index (χ4v) is 8.02. The highest BCUT2D eigenvalue weighted by atomic mass is 31.2. The van der Waals surface area contributed by atoms with Crippen LogP contribution in [-0.4, -0.2) is 108 Å². The minimum absolute atomic E-state index is 0.255. The number of unbranched alkanes of at least 4 members (excludes halogenated alkanes) is 21. The summed E-state index contributed by atoms with van der Waals surface area (Å²) in [6.07, 6.45) is 21.4. The minimum atomic E-state index is -5.14. The van der Waals surface area contributed by atoms with E-state index in [1.54, 1.807) is 6.08 Å². The summed E-state index contributed by atoms with van der Waals surface area (Å²) in [6, 6.07) is -1.24. The molecule has 14 heteroatoms. The Morgan fingerprint density at radius 1 is 0.614 bits per heavy atom. The van der Waals surface area contributed by atoms with Gasteiger partial charge in [-0.1, -0.05) is 154 Å². The first kappa shape index (κ1) is 53.8. The Kier molecular flexibility index (Phi) is 31.6. The van der Waals surface area contributed by atoms with Crippen molar-refractivity contribution >= 4 is 13.7 Å². The number of carbonyl (C=O) groups excluding carboxylic acids is 1. The lowest BCUT2D eigenvalue weighted by Crippen LogP contribution is -2.64. The number of aliphatic hydroxyl groups excluding tert-OH is 7. The van der Waals surface area contributed by atoms with Crippen LogP contribution in [-0.2, 0) is 18.4 Å². The first-order chi connectivity index (χ1) is 27.3. The van der Waals surface area contributed by atoms with Gasteiger partial charge in [-0.3, -0.25) is 13.8 Å². The van der Waals surface area contributed by atoms with Crippen molar-refractivity contribution in [3.05, 3.63) is 24.3 Å². The lowest BCUT2D eigenvalue weighted by Gasteiger charge is -2.41. The molecule has 0 aliphatic heterocycles. The fourth-order valence-electron chi connectivity index (χ4n) is 7.06. The zero-order chi connectivity index (χ0) is 42.3. The van der Waals surface area contributed by atoms with Crippen LogP contribution in [0.4, 0.5) is 0 Å². The van der Waals surface area contributed by atoms with Crippen LogP contribution in [0.2, 0.25) is 0 Å². The number of allylic oxidation sites excluding steroid dienone is 3. The Morgan fingerprint density at radius 3 is 1.53 bits per heavy atom. The third-order valence-electron chi connectivity index (χ3n) is 10.8. The second-order valence-corrected chi connectivity index (χ2v) is 17.5. The van der Waals surface area contributed by atoms with E-state index in [0.29, 0.717) is 12.8 Å². The Morgan fingerprint density at radius 2 is 1.02 bits per heavy atom. The Labute approximate surface area is 344 Å². The summed E-state index contributed by atoms with van der Waals surface area (Å²) in [6.45, 7) is 3.69. The molecule has 0 spiro atoms. The van der Waals surface area contributed by atoms with Crippen molar-refractivity contribution in [3.63, 3.8) is 0 Å². The van der Waals surface area contributed by atoms with Crippen LogP contribution >= 0.6 is 7.82 Å². The number of aliphatic hydroxyl groups is 7. The van der Waals surface area contributed by atoms with Crippen LogP contribution in [0.15, 0.2) is 24.3 Å². The van der Waals surface area contributed by atoms with Gasteiger partial charge in [0.1, 0.15) is 36.6 Å². The third-order valence-corrected chi connectivity index (χ3v) is 11.8. The van der Waals surface area contributed by atoms with E-state index in [0.717, 1.165) is 51.4 Å². The summed E-state index contributed by atoms with van der Waals surface area (Å²) < 4.78 is 22.8. The van der Waals surface area contributed by atoms with Crippen molar-refractivity contribution < 1.29 is 59.0 Å². The van der Waals surface area contributed by atoms with E-state index < -0.39 is 75.2 Å². The monoisotopic (exact) mass is 836 g/mol. The molecule has 13 nitrogen and oxygen atoms in total. The first-order valence-corrected chi connectivity index (χ1v) is 23.9. The number of phosphoric ester groups is 1. The lowest BCUT2D eigenvalue weighted by atomic mass is 9.85. The number of carbonyl (C=O) groups is 1. The second-order valence-electron chi connectivity index (χ2n) is 16.1. The molecule has 0 aromatic rings. The van der Waals surface area contributed by atoms with E-state index in [1.165, 1.54) is 102 Å². The summed E-state index contributed by atoms with van der Waals surface area (Å²) in [5, 5.41) is 74.3. The van der Waals surface area contributed by atoms with Crippen molar-refractivity contribution in [3.8, 4) is 0 Å². The van der Waals surface area contributed by atoms with E-state index in [-0.39, 0.29) is 6.42 Å². The molecule has 1 saturated carbocycles. The van der Waals surface area contributed by atoms with Gasteiger partial charge in [0, 0.05) is 0 Å². The Balaban J connectivity index is 2.58. The Hall–Kier alpha value is -1.22. The molecule has 336 valence electrons. The highest BCUT2D eigenvalue weighted by molar-refractivity contribution is 7.47. The summed E-state index contributed by atoms with van der Waals surface area (Å²) in [5.41, 5.74) is 0. The molecular weight excluding hydrogens is 753 g/mol. The fraction of sp³-hybridized carbons (Fsp3) is 0.884. The van der Waals surface area contributed by atoms with Crippen molar-refractivity contribution in [2.24, 2.45) is 0 Å². The van der Waals surface area contributed by atoms with Crippen LogP contribution in [0.25, 0.3) is 0 Å². The predicted octanol–water partition coefficient (Wildman–Crippen LogP) is 6.81. The van der Waals surface area contributed by atoms with Crippen LogP contribution < -0.4 is 5.32 Å². The zero-order valence-electron chi connectivity index (χ0n) is 35.3. The maximum atomic E-state index is 12.9. The normalized spacial score (nSPS) is 24.2. The smallest absolute Gasteiger partial charge is 0.393 e. The SMILES string of the molecule is CCCCC/C=C\CCCCCC(O)CC(=O)NC(COP(=O)(O)OC1C(O)C(O)C(O)C(O)C1O)C(O)/C=C/CCCCCCCCCCCCCCCCC. The molecule has 8 unspecified atom stereocenters. The predicted molar refractivity (Wildman–Crippen MR) is 224 cm³/mol. The van der Waals surface area contributed by atoms with Crippen molar-refractivity contribution in [1.29, 1.82) is 0 Å². The topological polar surface area (TPSA) is 226 Å². The number of phosphoric acid groups is 1. The van der Waals surface area contributed by atoms with E-state index in [1.807, 2.05) is 0 Å². The van der Waals surface area contributed by atoms with E-state index >= 15 is 0 Å². The number of hydrogen-bond donors (Lipinski definition) is 9. The van der Waals surface area contributed by atoms with E-state index in [2.05, 4.69) is 31.3 Å². The molecule has 8 atom stereocenters. The number of nitrogens with one attached hydrogen (secondary N) is 1. The quantitative estimate of drug-likeness (QED) is 0.0180. The molecule has 1 aliphatic rings. The van der Waals surface area contributed by atoms with Crippen molar-refractivity contribution in [2.45, 2.75) is 236 Å². The highest BCUT2D eigenvalue weighted by Gasteiger charge is 2.51. The van der Waals surface area contributed by atoms with E-state index in [4.69, 9.17) is 9.05 Å². The minimum Gasteiger partial charge on any atom is -0.393 e. The molecule has 57 heavy (non-hydrogen) atoms. The molecule has 0 aromatic heterocycles. The average molecular weight is 836 g/mol. The maximum absolute atomic E-state index is 12.9. The van der Waals surface area contributed by atoms with Gasteiger partial charge in [0.05, 0.1) is 31.3 Å². The molecule has 1 aliphatic carbocycles. The number of rotatable bonds is 36. The Bertz CT molecular complexity index is 1080. The molecular formula is C43H82NO12P. The molecule has 0 aromatic carbocycles. The standard InChI is InChI=1S/C43H82NO12P/c1-3-5-7-9-11-13-15-16-17-18-19-20-21-23-25-27-29-31-36(46)35(33-55-57(53,54)56-43-41(51)39(49)38(48)40(50)42(43)52)44-37(47)32-34(45)30-28-26-24-22-14-12-10-8-6-4-2/h12,14,29,31,34-36,38-43,45-46,48-52H,3-11,13,15-28,30,32-33H2,1-2H3,(H,44,47)(H,53,54)/b14-12-,31-29+. The average Bonchev–Trinajstić information content (AvgIpc) is 3.18. The molecule has 9 N–H and O–H groups in total. The summed E-state index contributed by atoms with van der Waals surface area (Å²) in [7, 11) is -5.14. The van der Waals surface area contributed by atoms with Gasteiger partial charge in [-0.05, 0) is 44.9 Å². The van der Waals surface area contributed by atoms with Gasteiger partial charge in [0.25, 0.3) is 0 Å². The second kappa shape index (κ2) is 33.5. The van der Waals surface area contributed by atoms with Gasteiger partial charge in [0.15, 0.2) is 0 Å². The van der Waals surface area contributed by atoms with Gasteiger partial charge < -0.3 is 46.0 Å². The number of hydrogen-bond acceptors (Lipinski definition) is 11. The van der Waals surface area contributed by atoms with Gasteiger partial charge in [-0.2, -0.15) is 0 Å². The molecule has 1 fully saturated rings. The molecule has 0 heterocycles. The lowest BCUT2D eigenvalue weighted by molar-refractivity contribution is -0.220. The highest BCUT2D eigenvalue weighted by Crippen LogP contribution is 2.47. The molecule has 1 rings (SSSR count). The number of amides is 1. The van der Waals surface area contributed by atoms with Gasteiger partial charge in [0.2, 0.25) is 5.91 Å². The molecule has 0 bridgehead atoms. The van der Waals surface area contributed by atoms with Crippen LogP contribution in [0.5, 0.6) is 0 Å². The third kappa shape index (κ3) is 25.9. The van der Waals surface area contributed by atoms with E-state index in [9.17, 15) is 50.0 Å². The molecule has 0 radical (unpaired) electrons. The zero-order valence-corrected chi connectivity index (χ0v) is 36.1. The van der Waals surface area contributed by atoms with Crippen molar-refractivity contribution in [2.75, 3.05) is 6.61 Å². The summed E-state index contributed by atoms with van der Waals surface area (Å²) in [5.74, 6) is -0.604. The first-order valence-electron chi connectivity index (χ1n) is 22.4. The van der Waals surface area contributed by atoms with Crippen LogP contribution in [0.1, 0.15) is 181 Å². The summed E-state index contributed by atoms with van der Waals surface area (Å²) in [4.78, 5) is 23.3. The van der Waals surface area contributed by atoms with Crippen molar-refractivity contribution in [1.82, 2.24) is 5.32 Å². The van der Waals surface area contributed by atoms with Crippen LogP contribution in [0, 0.1) is 0 Å².